The van der Waals surface area contributed by atoms with Crippen LogP contribution in [0.25, 0.3) is 10.8 Å². The number of amides is 1. The van der Waals surface area contributed by atoms with Crippen molar-refractivity contribution in [2.75, 3.05) is 33.2 Å². The van der Waals surface area contributed by atoms with Crippen LogP contribution in [-0.2, 0) is 4.79 Å². The van der Waals surface area contributed by atoms with Crippen LogP contribution in [0.3, 0.4) is 0 Å². The smallest absolute Gasteiger partial charge is 0.263 e. The van der Waals surface area contributed by atoms with Gasteiger partial charge in [-0.3, -0.25) is 4.79 Å². The predicted octanol–water partition coefficient (Wildman–Crippen LogP) is 2.77. The summed E-state index contributed by atoms with van der Waals surface area (Å²) in [5, 5.41) is 2.31. The van der Waals surface area contributed by atoms with Gasteiger partial charge in [0.15, 0.2) is 6.10 Å². The van der Waals surface area contributed by atoms with Crippen molar-refractivity contribution >= 4 is 16.7 Å². The summed E-state index contributed by atoms with van der Waals surface area (Å²) in [4.78, 5) is 16.9. The molecule has 2 aromatic rings. The zero-order valence-corrected chi connectivity index (χ0v) is 13.9. The third-order valence-corrected chi connectivity index (χ3v) is 4.46. The van der Waals surface area contributed by atoms with Crippen LogP contribution in [0.1, 0.15) is 13.3 Å². The lowest BCUT2D eigenvalue weighted by atomic mass is 10.1. The van der Waals surface area contributed by atoms with E-state index in [4.69, 9.17) is 4.74 Å². The molecule has 1 aliphatic rings. The number of hydrogen-bond donors (Lipinski definition) is 0. The molecule has 2 aromatic carbocycles. The molecular weight excluding hydrogens is 288 g/mol. The molecule has 1 saturated heterocycles. The van der Waals surface area contributed by atoms with E-state index in [9.17, 15) is 4.79 Å². The Morgan fingerprint density at radius 2 is 1.78 bits per heavy atom. The summed E-state index contributed by atoms with van der Waals surface area (Å²) in [6, 6.07) is 14.2. The van der Waals surface area contributed by atoms with Crippen molar-refractivity contribution in [3.63, 3.8) is 0 Å². The number of rotatable bonds is 4. The minimum absolute atomic E-state index is 0.105. The Morgan fingerprint density at radius 3 is 2.48 bits per heavy atom. The molecule has 3 rings (SSSR count). The highest BCUT2D eigenvalue weighted by atomic mass is 16.5. The molecule has 122 valence electrons. The first-order valence-corrected chi connectivity index (χ1v) is 8.30. The fourth-order valence-corrected chi connectivity index (χ4v) is 2.94. The molecule has 1 heterocycles. The number of carbonyl (C=O) groups is 1. The molecule has 1 aliphatic heterocycles. The molecule has 23 heavy (non-hydrogen) atoms. The summed E-state index contributed by atoms with van der Waals surface area (Å²) < 4.78 is 6.01. The van der Waals surface area contributed by atoms with E-state index in [1.165, 1.54) is 5.39 Å². The summed E-state index contributed by atoms with van der Waals surface area (Å²) in [7, 11) is 2.09. The maximum absolute atomic E-state index is 12.7. The van der Waals surface area contributed by atoms with Crippen molar-refractivity contribution in [3.8, 4) is 5.75 Å². The molecule has 0 spiro atoms. The molecule has 0 radical (unpaired) electrons. The van der Waals surface area contributed by atoms with E-state index < -0.39 is 6.10 Å². The molecule has 0 unspecified atom stereocenters. The lowest BCUT2D eigenvalue weighted by Crippen LogP contribution is -2.51. The molecule has 1 amide bonds. The highest BCUT2D eigenvalue weighted by Gasteiger charge is 2.26. The zero-order valence-electron chi connectivity index (χ0n) is 13.9. The number of likely N-dealkylation sites (N-methyl/N-ethyl adjacent to an activating group) is 1. The van der Waals surface area contributed by atoms with Crippen molar-refractivity contribution in [3.05, 3.63) is 42.5 Å². The third-order valence-electron chi connectivity index (χ3n) is 4.46. The second-order valence-electron chi connectivity index (χ2n) is 6.15. The summed E-state index contributed by atoms with van der Waals surface area (Å²) >= 11 is 0. The van der Waals surface area contributed by atoms with Crippen molar-refractivity contribution in [1.82, 2.24) is 9.80 Å². The van der Waals surface area contributed by atoms with Gasteiger partial charge < -0.3 is 14.5 Å². The highest BCUT2D eigenvalue weighted by Crippen LogP contribution is 2.22. The topological polar surface area (TPSA) is 32.8 Å². The number of carbonyl (C=O) groups excluding carboxylic acids is 1. The van der Waals surface area contributed by atoms with Gasteiger partial charge in [-0.1, -0.05) is 37.3 Å². The van der Waals surface area contributed by atoms with Crippen LogP contribution in [0.5, 0.6) is 5.75 Å². The number of fused-ring (bicyclic) bond motifs is 1. The zero-order chi connectivity index (χ0) is 16.2. The Morgan fingerprint density at radius 1 is 1.09 bits per heavy atom. The van der Waals surface area contributed by atoms with Gasteiger partial charge in [-0.25, -0.2) is 0 Å². The first-order valence-electron chi connectivity index (χ1n) is 8.30. The molecule has 0 saturated carbocycles. The molecule has 0 aliphatic carbocycles. The number of piperazine rings is 1. The standard InChI is InChI=1S/C19H24N2O2/c1-3-18(19(22)21-12-10-20(2)11-13-21)23-17-9-8-15-6-4-5-7-16(15)14-17/h4-9,14,18H,3,10-13H2,1-2H3/t18-/m0/s1. The van der Waals surface area contributed by atoms with Crippen LogP contribution >= 0.6 is 0 Å². The van der Waals surface area contributed by atoms with Crippen LogP contribution in [0.15, 0.2) is 42.5 Å². The molecular formula is C19H24N2O2. The molecule has 1 fully saturated rings. The average Bonchev–Trinajstić information content (AvgIpc) is 2.59. The number of benzene rings is 2. The highest BCUT2D eigenvalue weighted by molar-refractivity contribution is 5.84. The minimum Gasteiger partial charge on any atom is -0.481 e. The van der Waals surface area contributed by atoms with Crippen LogP contribution in [-0.4, -0.2) is 55.0 Å². The van der Waals surface area contributed by atoms with E-state index in [0.29, 0.717) is 6.42 Å². The number of nitrogens with zero attached hydrogens (tertiary/aromatic N) is 2. The van der Waals surface area contributed by atoms with Gasteiger partial charge in [-0.05, 0) is 36.4 Å². The third kappa shape index (κ3) is 3.64. The molecule has 1 atom stereocenters. The molecule has 0 bridgehead atoms. The van der Waals surface area contributed by atoms with E-state index in [0.717, 1.165) is 37.3 Å². The first-order chi connectivity index (χ1) is 11.2. The molecule has 0 N–H and O–H groups in total. The van der Waals surface area contributed by atoms with E-state index in [1.807, 2.05) is 42.2 Å². The van der Waals surface area contributed by atoms with Gasteiger partial charge in [0.2, 0.25) is 0 Å². The molecule has 4 nitrogen and oxygen atoms in total. The lowest BCUT2D eigenvalue weighted by Gasteiger charge is -2.34. The Kier molecular flexibility index (Phi) is 4.82. The Labute approximate surface area is 137 Å². The predicted molar refractivity (Wildman–Crippen MR) is 92.7 cm³/mol. The Balaban J connectivity index is 1.71. The maximum atomic E-state index is 12.7. The fraction of sp³-hybridized carbons (Fsp3) is 0.421. The van der Waals surface area contributed by atoms with Crippen molar-refractivity contribution < 1.29 is 9.53 Å². The largest absolute Gasteiger partial charge is 0.481 e. The van der Waals surface area contributed by atoms with Crippen LogP contribution in [0.2, 0.25) is 0 Å². The van der Waals surface area contributed by atoms with Crippen molar-refractivity contribution in [2.24, 2.45) is 0 Å². The van der Waals surface area contributed by atoms with E-state index in [1.54, 1.807) is 0 Å². The minimum atomic E-state index is -0.403. The maximum Gasteiger partial charge on any atom is 0.263 e. The number of ether oxygens (including phenoxy) is 1. The van der Waals surface area contributed by atoms with Gasteiger partial charge in [0, 0.05) is 26.2 Å². The van der Waals surface area contributed by atoms with Crippen molar-refractivity contribution in [2.45, 2.75) is 19.4 Å². The second kappa shape index (κ2) is 7.01. The molecule has 0 aromatic heterocycles. The van der Waals surface area contributed by atoms with Gasteiger partial charge >= 0.3 is 0 Å². The fourth-order valence-electron chi connectivity index (χ4n) is 2.94. The van der Waals surface area contributed by atoms with Crippen LogP contribution in [0.4, 0.5) is 0 Å². The summed E-state index contributed by atoms with van der Waals surface area (Å²) in [5.41, 5.74) is 0. The van der Waals surface area contributed by atoms with Gasteiger partial charge in [-0.2, -0.15) is 0 Å². The van der Waals surface area contributed by atoms with E-state index in [-0.39, 0.29) is 5.91 Å². The average molecular weight is 312 g/mol. The van der Waals surface area contributed by atoms with Gasteiger partial charge in [-0.15, -0.1) is 0 Å². The Hall–Kier alpha value is -2.07. The van der Waals surface area contributed by atoms with E-state index in [2.05, 4.69) is 24.1 Å². The monoisotopic (exact) mass is 312 g/mol. The quantitative estimate of drug-likeness (QED) is 0.870. The lowest BCUT2D eigenvalue weighted by molar-refractivity contribution is -0.140. The van der Waals surface area contributed by atoms with Gasteiger partial charge in [0.25, 0.3) is 5.91 Å². The summed E-state index contributed by atoms with van der Waals surface area (Å²) in [5.74, 6) is 0.867. The van der Waals surface area contributed by atoms with Crippen LogP contribution in [0, 0.1) is 0 Å². The normalized spacial score (nSPS) is 17.2. The summed E-state index contributed by atoms with van der Waals surface area (Å²) in [6.45, 7) is 5.43. The summed E-state index contributed by atoms with van der Waals surface area (Å²) in [6.07, 6.45) is 0.275. The van der Waals surface area contributed by atoms with Gasteiger partial charge in [0.1, 0.15) is 5.75 Å². The van der Waals surface area contributed by atoms with Crippen LogP contribution < -0.4 is 4.74 Å². The SMILES string of the molecule is CC[C@H](Oc1ccc2ccccc2c1)C(=O)N1CCN(C)CC1. The number of hydrogen-bond acceptors (Lipinski definition) is 3. The Bertz CT molecular complexity index is 678. The van der Waals surface area contributed by atoms with Crippen molar-refractivity contribution in [1.29, 1.82) is 0 Å². The molecule has 4 heteroatoms. The van der Waals surface area contributed by atoms with E-state index >= 15 is 0 Å². The second-order valence-corrected chi connectivity index (χ2v) is 6.15. The van der Waals surface area contributed by atoms with Gasteiger partial charge in [0.05, 0.1) is 0 Å². The first kappa shape index (κ1) is 15.8.